The minimum absolute atomic E-state index is 0.0477. The van der Waals surface area contributed by atoms with Gasteiger partial charge in [-0.25, -0.2) is 9.78 Å². The smallest absolute Gasteiger partial charge is 0.350 e. The zero-order valence-corrected chi connectivity index (χ0v) is 23.6. The number of rotatable bonds is 9. The molecule has 1 fully saturated rings. The minimum atomic E-state index is -0.938. The van der Waals surface area contributed by atoms with Crippen molar-refractivity contribution in [2.45, 2.75) is 53.5 Å². The highest BCUT2D eigenvalue weighted by Crippen LogP contribution is 2.44. The molecule has 1 saturated heterocycles. The molecule has 2 aromatic carbocycles. The number of Topliss-reactive ketones (excluding diaryl/α,β-unsaturated/α-hetero) is 1. The molecule has 0 bridgehead atoms. The second-order valence-electron chi connectivity index (χ2n) is 9.39. The number of esters is 1. The van der Waals surface area contributed by atoms with Gasteiger partial charge in [-0.15, -0.1) is 0 Å². The van der Waals surface area contributed by atoms with Crippen LogP contribution in [0.25, 0.3) is 5.76 Å². The van der Waals surface area contributed by atoms with Gasteiger partial charge >= 0.3 is 11.9 Å². The van der Waals surface area contributed by atoms with Crippen molar-refractivity contribution in [2.75, 3.05) is 18.1 Å². The molecule has 0 radical (unpaired) electrons. The second kappa shape index (κ2) is 11.8. The lowest BCUT2D eigenvalue weighted by molar-refractivity contribution is -0.132. The maximum Gasteiger partial charge on any atom is 0.350 e. The average Bonchev–Trinajstić information content (AvgIpc) is 3.42. The van der Waals surface area contributed by atoms with Crippen LogP contribution in [-0.4, -0.2) is 41.0 Å². The van der Waals surface area contributed by atoms with E-state index < -0.39 is 23.7 Å². The number of thiazole rings is 1. The van der Waals surface area contributed by atoms with Crippen LogP contribution in [0.1, 0.15) is 70.4 Å². The van der Waals surface area contributed by atoms with Gasteiger partial charge in [0.25, 0.3) is 5.78 Å². The number of unbranched alkanes of at least 4 members (excludes halogenated alkanes) is 1. The van der Waals surface area contributed by atoms with E-state index >= 15 is 0 Å². The normalized spacial score (nSPS) is 16.5. The molecule has 1 aliphatic rings. The first kappa shape index (κ1) is 28.0. The summed E-state index contributed by atoms with van der Waals surface area (Å²) in [5, 5.41) is 11.6. The number of hydrogen-bond acceptors (Lipinski definition) is 8. The van der Waals surface area contributed by atoms with E-state index in [0.29, 0.717) is 29.2 Å². The van der Waals surface area contributed by atoms with Crippen molar-refractivity contribution in [1.29, 1.82) is 0 Å². The fourth-order valence-corrected chi connectivity index (χ4v) is 5.39. The highest BCUT2D eigenvalue weighted by atomic mass is 32.1. The van der Waals surface area contributed by atoms with E-state index in [9.17, 15) is 19.5 Å². The lowest BCUT2D eigenvalue weighted by atomic mass is 9.94. The Labute approximate surface area is 231 Å². The summed E-state index contributed by atoms with van der Waals surface area (Å²) >= 11 is 0.982. The van der Waals surface area contributed by atoms with E-state index in [1.807, 2.05) is 38.1 Å². The Morgan fingerprint density at radius 1 is 1.08 bits per heavy atom. The first-order chi connectivity index (χ1) is 18.7. The molecule has 204 valence electrons. The molecule has 2 heterocycles. The van der Waals surface area contributed by atoms with Crippen molar-refractivity contribution in [3.63, 3.8) is 0 Å². The van der Waals surface area contributed by atoms with E-state index in [2.05, 4.69) is 11.9 Å². The van der Waals surface area contributed by atoms with Gasteiger partial charge in [-0.1, -0.05) is 54.5 Å². The van der Waals surface area contributed by atoms with Gasteiger partial charge in [-0.3, -0.25) is 14.5 Å². The minimum Gasteiger partial charge on any atom is -0.507 e. The number of carbonyl (C=O) groups is 3. The van der Waals surface area contributed by atoms with Gasteiger partial charge in [0.2, 0.25) is 0 Å². The van der Waals surface area contributed by atoms with Crippen molar-refractivity contribution < 1.29 is 29.0 Å². The first-order valence-electron chi connectivity index (χ1n) is 12.9. The Morgan fingerprint density at radius 2 is 1.79 bits per heavy atom. The van der Waals surface area contributed by atoms with E-state index in [1.54, 1.807) is 32.0 Å². The summed E-state index contributed by atoms with van der Waals surface area (Å²) in [5.74, 6) is -1.80. The fourth-order valence-electron chi connectivity index (χ4n) is 4.41. The van der Waals surface area contributed by atoms with E-state index in [0.717, 1.165) is 35.3 Å². The fraction of sp³-hybridized carbons (Fsp3) is 0.333. The number of aryl methyl sites for hydroxylation is 3. The molecule has 0 spiro atoms. The number of benzene rings is 2. The predicted octanol–water partition coefficient (Wildman–Crippen LogP) is 6.05. The van der Waals surface area contributed by atoms with Crippen LogP contribution >= 0.6 is 11.3 Å². The molecule has 0 saturated carbocycles. The summed E-state index contributed by atoms with van der Waals surface area (Å²) in [6.07, 6.45) is 1.94. The average molecular weight is 549 g/mol. The van der Waals surface area contributed by atoms with Gasteiger partial charge in [0.1, 0.15) is 16.4 Å². The number of ether oxygens (including phenoxy) is 2. The van der Waals surface area contributed by atoms with Crippen LogP contribution in [0.15, 0.2) is 48.0 Å². The SMILES string of the molecule is CCCCOc1ccc(C(O)=C2C(=O)C(=O)N(c3nc(C)c(C(=O)OCC)s3)[C@@H]2c2ccc(C)cc2)cc1C. The van der Waals surface area contributed by atoms with Crippen LogP contribution in [0.2, 0.25) is 0 Å². The van der Waals surface area contributed by atoms with Crippen molar-refractivity contribution >= 4 is 39.9 Å². The third kappa shape index (κ3) is 5.59. The number of aliphatic hydroxyl groups is 1. The molecule has 9 heteroatoms. The standard InChI is InChI=1S/C30H32N2O6S/c1-6-8-15-38-22-14-13-21(16-18(22)4)25(33)23-24(20-11-9-17(3)10-12-20)32(28(35)26(23)34)30-31-19(5)27(39-30)29(36)37-7-2/h9-14,16,24,33H,6-8,15H2,1-5H3/t24-/m1/s1. The van der Waals surface area contributed by atoms with Gasteiger partial charge in [0.05, 0.1) is 30.5 Å². The van der Waals surface area contributed by atoms with Crippen LogP contribution in [0, 0.1) is 20.8 Å². The van der Waals surface area contributed by atoms with Crippen LogP contribution in [0.4, 0.5) is 5.13 Å². The van der Waals surface area contributed by atoms with Gasteiger partial charge in [-0.2, -0.15) is 0 Å². The number of hydrogen-bond donors (Lipinski definition) is 1. The van der Waals surface area contributed by atoms with Crippen molar-refractivity contribution in [3.05, 3.63) is 80.9 Å². The molecule has 4 rings (SSSR count). The zero-order valence-electron chi connectivity index (χ0n) is 22.7. The number of carbonyl (C=O) groups excluding carboxylic acids is 3. The van der Waals surface area contributed by atoms with E-state index in [4.69, 9.17) is 9.47 Å². The molecule has 8 nitrogen and oxygen atoms in total. The molecule has 1 aromatic heterocycles. The summed E-state index contributed by atoms with van der Waals surface area (Å²) < 4.78 is 11.0. The van der Waals surface area contributed by atoms with E-state index in [-0.39, 0.29) is 27.9 Å². The lowest BCUT2D eigenvalue weighted by Crippen LogP contribution is -2.29. The molecule has 1 N–H and O–H groups in total. The van der Waals surface area contributed by atoms with Gasteiger partial charge < -0.3 is 14.6 Å². The van der Waals surface area contributed by atoms with E-state index in [1.165, 1.54) is 4.90 Å². The quantitative estimate of drug-likeness (QED) is 0.114. The summed E-state index contributed by atoms with van der Waals surface area (Å²) in [4.78, 5) is 45.3. The molecule has 39 heavy (non-hydrogen) atoms. The van der Waals surface area contributed by atoms with Gasteiger partial charge in [0, 0.05) is 5.56 Å². The number of nitrogens with zero attached hydrogens (tertiary/aromatic N) is 2. The molecular weight excluding hydrogens is 516 g/mol. The highest BCUT2D eigenvalue weighted by molar-refractivity contribution is 7.17. The maximum absolute atomic E-state index is 13.5. The summed E-state index contributed by atoms with van der Waals surface area (Å²) in [6.45, 7) is 10.0. The number of aromatic nitrogens is 1. The van der Waals surface area contributed by atoms with Gasteiger partial charge in [0.15, 0.2) is 5.13 Å². The third-order valence-corrected chi connectivity index (χ3v) is 7.63. The highest BCUT2D eigenvalue weighted by Gasteiger charge is 2.48. The Morgan fingerprint density at radius 3 is 2.44 bits per heavy atom. The number of aliphatic hydroxyl groups excluding tert-OH is 1. The third-order valence-electron chi connectivity index (χ3n) is 6.49. The van der Waals surface area contributed by atoms with Crippen molar-refractivity contribution in [3.8, 4) is 5.75 Å². The van der Waals surface area contributed by atoms with Gasteiger partial charge in [-0.05, 0) is 63.4 Å². The molecule has 0 unspecified atom stereocenters. The monoisotopic (exact) mass is 548 g/mol. The molecule has 3 aromatic rings. The molecular formula is C30H32N2O6S. The molecule has 0 aliphatic carbocycles. The molecule has 1 aliphatic heterocycles. The lowest BCUT2D eigenvalue weighted by Gasteiger charge is -2.23. The predicted molar refractivity (Wildman–Crippen MR) is 150 cm³/mol. The molecule has 1 amide bonds. The van der Waals surface area contributed by atoms with Crippen molar-refractivity contribution in [2.24, 2.45) is 0 Å². The van der Waals surface area contributed by atoms with Crippen molar-refractivity contribution in [1.82, 2.24) is 4.98 Å². The number of anilines is 1. The van der Waals surface area contributed by atoms with Crippen LogP contribution in [0.3, 0.4) is 0 Å². The van der Waals surface area contributed by atoms with Crippen LogP contribution in [-0.2, 0) is 14.3 Å². The Hall–Kier alpha value is -3.98. The maximum atomic E-state index is 13.5. The topological polar surface area (TPSA) is 106 Å². The summed E-state index contributed by atoms with van der Waals surface area (Å²) in [5.41, 5.74) is 3.17. The summed E-state index contributed by atoms with van der Waals surface area (Å²) in [7, 11) is 0. The second-order valence-corrected chi connectivity index (χ2v) is 10.4. The molecule has 1 atom stereocenters. The largest absolute Gasteiger partial charge is 0.507 e. The number of amides is 1. The Kier molecular flexibility index (Phi) is 8.50. The van der Waals surface area contributed by atoms with Crippen LogP contribution in [0.5, 0.6) is 5.75 Å². The first-order valence-corrected chi connectivity index (χ1v) is 13.7. The Balaban J connectivity index is 1.83. The Bertz CT molecular complexity index is 1440. The number of ketones is 1. The van der Waals surface area contributed by atoms with Crippen LogP contribution < -0.4 is 9.64 Å². The summed E-state index contributed by atoms with van der Waals surface area (Å²) in [6, 6.07) is 11.6. The zero-order chi connectivity index (χ0) is 28.3.